The van der Waals surface area contributed by atoms with Crippen molar-refractivity contribution in [3.05, 3.63) is 16.6 Å². The van der Waals surface area contributed by atoms with Crippen molar-refractivity contribution in [3.63, 3.8) is 0 Å². The first kappa shape index (κ1) is 22.5. The molecule has 0 amide bonds. The molecule has 4 nitrogen and oxygen atoms in total. The molecule has 0 spiro atoms. The number of piperidine rings is 1. The summed E-state index contributed by atoms with van der Waals surface area (Å²) in [4.78, 5) is 7.28. The Balaban J connectivity index is 0.00000147. The lowest BCUT2D eigenvalue weighted by Gasteiger charge is -2.23. The van der Waals surface area contributed by atoms with E-state index < -0.39 is 0 Å². The number of hydrogen-bond acceptors (Lipinski definition) is 3. The highest BCUT2D eigenvalue weighted by Crippen LogP contribution is 2.26. The van der Waals surface area contributed by atoms with Crippen LogP contribution in [0, 0.1) is 0 Å². The van der Waals surface area contributed by atoms with Crippen molar-refractivity contribution < 1.29 is 0 Å². The van der Waals surface area contributed by atoms with Gasteiger partial charge in [0.1, 0.15) is 10.4 Å². The van der Waals surface area contributed by atoms with E-state index in [9.17, 15) is 0 Å². The van der Waals surface area contributed by atoms with Gasteiger partial charge in [-0.1, -0.05) is 0 Å². The Hall–Kier alpha value is 0.480. The predicted molar refractivity (Wildman–Crippen MR) is 102 cm³/mol. The molecule has 130 valence electrons. The van der Waals surface area contributed by atoms with E-state index in [1.54, 1.807) is 0 Å². The van der Waals surface area contributed by atoms with Crippen molar-refractivity contribution in [3.8, 4) is 0 Å². The second kappa shape index (κ2) is 11.1. The SMILES string of the molecule is Brc1cn(CCN2CCCC2)c(C2CCNCC2)n1.Cl.Cl.Cl. The van der Waals surface area contributed by atoms with Crippen LogP contribution in [0.5, 0.6) is 0 Å². The minimum Gasteiger partial charge on any atom is -0.332 e. The van der Waals surface area contributed by atoms with E-state index in [1.165, 1.54) is 51.1 Å². The largest absolute Gasteiger partial charge is 0.332 e. The molecule has 0 aromatic carbocycles. The van der Waals surface area contributed by atoms with Gasteiger partial charge in [-0.3, -0.25) is 0 Å². The van der Waals surface area contributed by atoms with Gasteiger partial charge in [0.2, 0.25) is 0 Å². The van der Waals surface area contributed by atoms with Crippen molar-refractivity contribution in [1.29, 1.82) is 0 Å². The van der Waals surface area contributed by atoms with Crippen LogP contribution in [0.1, 0.15) is 37.4 Å². The molecule has 1 N–H and O–H groups in total. The summed E-state index contributed by atoms with van der Waals surface area (Å²) in [5, 5.41) is 3.43. The lowest BCUT2D eigenvalue weighted by atomic mass is 9.97. The molecule has 0 bridgehead atoms. The number of halogens is 4. The molecule has 0 saturated carbocycles. The highest BCUT2D eigenvalue weighted by atomic mass is 79.9. The molecular formula is C14H26BrCl3N4. The molecule has 2 fully saturated rings. The van der Waals surface area contributed by atoms with Crippen molar-refractivity contribution in [2.75, 3.05) is 32.7 Å². The highest BCUT2D eigenvalue weighted by Gasteiger charge is 2.21. The minimum atomic E-state index is 0. The normalized spacial score (nSPS) is 19.1. The maximum absolute atomic E-state index is 4.71. The average Bonchev–Trinajstić information content (AvgIpc) is 3.06. The van der Waals surface area contributed by atoms with Crippen molar-refractivity contribution in [1.82, 2.24) is 19.8 Å². The predicted octanol–water partition coefficient (Wildman–Crippen LogP) is 3.47. The third-order valence-corrected chi connectivity index (χ3v) is 4.72. The van der Waals surface area contributed by atoms with Crippen LogP contribution in [0.4, 0.5) is 0 Å². The first-order valence-electron chi connectivity index (χ1n) is 7.48. The summed E-state index contributed by atoms with van der Waals surface area (Å²) in [6, 6.07) is 0. The molecule has 0 unspecified atom stereocenters. The Morgan fingerprint density at radius 2 is 1.73 bits per heavy atom. The first-order valence-corrected chi connectivity index (χ1v) is 8.28. The number of likely N-dealkylation sites (tertiary alicyclic amines) is 1. The molecule has 0 radical (unpaired) electrons. The van der Waals surface area contributed by atoms with Gasteiger partial charge in [-0.05, 0) is 67.8 Å². The summed E-state index contributed by atoms with van der Waals surface area (Å²) in [5.74, 6) is 1.92. The molecule has 8 heteroatoms. The molecule has 2 aliphatic heterocycles. The molecule has 3 heterocycles. The van der Waals surface area contributed by atoms with Crippen molar-refractivity contribution in [2.45, 2.75) is 38.1 Å². The molecule has 0 atom stereocenters. The highest BCUT2D eigenvalue weighted by molar-refractivity contribution is 9.10. The number of nitrogens with one attached hydrogen (secondary N) is 1. The number of aromatic nitrogens is 2. The Morgan fingerprint density at radius 1 is 1.09 bits per heavy atom. The van der Waals surface area contributed by atoms with Crippen LogP contribution in [0.3, 0.4) is 0 Å². The van der Waals surface area contributed by atoms with Gasteiger partial charge in [-0.2, -0.15) is 0 Å². The second-order valence-electron chi connectivity index (χ2n) is 5.69. The van der Waals surface area contributed by atoms with Crippen molar-refractivity contribution in [2.24, 2.45) is 0 Å². The van der Waals surface area contributed by atoms with Gasteiger partial charge in [0.25, 0.3) is 0 Å². The van der Waals surface area contributed by atoms with Crippen LogP contribution < -0.4 is 5.32 Å². The lowest BCUT2D eigenvalue weighted by molar-refractivity contribution is 0.316. The lowest BCUT2D eigenvalue weighted by Crippen LogP contribution is -2.29. The quantitative estimate of drug-likeness (QED) is 0.785. The summed E-state index contributed by atoms with van der Waals surface area (Å²) in [6.07, 6.45) is 7.33. The van der Waals surface area contributed by atoms with Crippen LogP contribution in [-0.2, 0) is 6.54 Å². The molecule has 3 rings (SSSR count). The molecule has 1 aromatic rings. The Morgan fingerprint density at radius 3 is 2.36 bits per heavy atom. The van der Waals surface area contributed by atoms with Crippen LogP contribution in [0.25, 0.3) is 0 Å². The molecule has 1 aromatic heterocycles. The van der Waals surface area contributed by atoms with E-state index in [1.807, 2.05) is 0 Å². The molecule has 0 aliphatic carbocycles. The Kier molecular flexibility index (Phi) is 11.3. The summed E-state index contributed by atoms with van der Waals surface area (Å²) < 4.78 is 3.36. The zero-order valence-electron chi connectivity index (χ0n) is 12.7. The van der Waals surface area contributed by atoms with Gasteiger partial charge in [-0.15, -0.1) is 37.2 Å². The molecule has 22 heavy (non-hydrogen) atoms. The maximum Gasteiger partial charge on any atom is 0.124 e. The zero-order valence-corrected chi connectivity index (χ0v) is 16.7. The smallest absolute Gasteiger partial charge is 0.124 e. The van der Waals surface area contributed by atoms with Gasteiger partial charge in [0.15, 0.2) is 0 Å². The first-order chi connectivity index (χ1) is 9.33. The fraction of sp³-hybridized carbons (Fsp3) is 0.786. The fourth-order valence-electron chi connectivity index (χ4n) is 3.24. The summed E-state index contributed by atoms with van der Waals surface area (Å²) in [6.45, 7) is 7.05. The van der Waals surface area contributed by atoms with E-state index in [0.717, 1.165) is 24.2 Å². The van der Waals surface area contributed by atoms with E-state index in [2.05, 4.69) is 36.9 Å². The van der Waals surface area contributed by atoms with E-state index in [-0.39, 0.29) is 37.2 Å². The van der Waals surface area contributed by atoms with Crippen LogP contribution in [-0.4, -0.2) is 47.2 Å². The number of rotatable bonds is 4. The zero-order chi connectivity index (χ0) is 13.1. The van der Waals surface area contributed by atoms with Crippen LogP contribution in [0.2, 0.25) is 0 Å². The maximum atomic E-state index is 4.71. The standard InChI is InChI=1S/C14H23BrN4.3ClH/c15-13-11-19(10-9-18-7-1-2-8-18)14(17-13)12-3-5-16-6-4-12;;;/h11-12,16H,1-10H2;3*1H. The Labute approximate surface area is 160 Å². The molecule has 2 saturated heterocycles. The van der Waals surface area contributed by atoms with Gasteiger partial charge in [-0.25, -0.2) is 4.98 Å². The fourth-order valence-corrected chi connectivity index (χ4v) is 3.67. The van der Waals surface area contributed by atoms with Crippen LogP contribution >= 0.6 is 53.2 Å². The third kappa shape index (κ3) is 5.84. The molecule has 2 aliphatic rings. The van der Waals surface area contributed by atoms with E-state index in [4.69, 9.17) is 4.98 Å². The summed E-state index contributed by atoms with van der Waals surface area (Å²) >= 11 is 3.54. The monoisotopic (exact) mass is 434 g/mol. The third-order valence-electron chi connectivity index (χ3n) is 4.34. The van der Waals surface area contributed by atoms with Gasteiger partial charge in [0.05, 0.1) is 0 Å². The number of hydrogen-bond donors (Lipinski definition) is 1. The minimum absolute atomic E-state index is 0. The second-order valence-corrected chi connectivity index (χ2v) is 6.50. The van der Waals surface area contributed by atoms with Crippen molar-refractivity contribution >= 4 is 53.2 Å². The average molecular weight is 437 g/mol. The number of nitrogens with zero attached hydrogens (tertiary/aromatic N) is 3. The van der Waals surface area contributed by atoms with E-state index in [0.29, 0.717) is 5.92 Å². The molecular weight excluding hydrogens is 410 g/mol. The summed E-state index contributed by atoms with van der Waals surface area (Å²) in [7, 11) is 0. The Bertz CT molecular complexity index is 418. The van der Waals surface area contributed by atoms with Crippen LogP contribution in [0.15, 0.2) is 10.8 Å². The van der Waals surface area contributed by atoms with E-state index >= 15 is 0 Å². The van der Waals surface area contributed by atoms with Gasteiger partial charge in [0, 0.05) is 25.2 Å². The van der Waals surface area contributed by atoms with Gasteiger partial charge >= 0.3 is 0 Å². The number of imidazole rings is 1. The topological polar surface area (TPSA) is 33.1 Å². The summed E-state index contributed by atoms with van der Waals surface area (Å²) in [5.41, 5.74) is 0. The van der Waals surface area contributed by atoms with Gasteiger partial charge < -0.3 is 14.8 Å².